The van der Waals surface area contributed by atoms with Crippen LogP contribution in [0.2, 0.25) is 0 Å². The van der Waals surface area contributed by atoms with Crippen LogP contribution in [0.3, 0.4) is 0 Å². The van der Waals surface area contributed by atoms with Crippen LogP contribution < -0.4 is 10.1 Å². The van der Waals surface area contributed by atoms with Crippen molar-refractivity contribution in [3.63, 3.8) is 0 Å². The number of hydrogen-bond acceptors (Lipinski definition) is 4. The van der Waals surface area contributed by atoms with Crippen LogP contribution in [0.15, 0.2) is 24.3 Å². The van der Waals surface area contributed by atoms with Gasteiger partial charge in [-0.1, -0.05) is 6.07 Å². The lowest BCUT2D eigenvalue weighted by atomic mass is 10.3. The highest BCUT2D eigenvalue weighted by Crippen LogP contribution is 2.11. The van der Waals surface area contributed by atoms with Crippen molar-refractivity contribution >= 4 is 11.8 Å². The van der Waals surface area contributed by atoms with Crippen LogP contribution in [-0.4, -0.2) is 56.2 Å². The number of nitrogens with zero attached hydrogens (tertiary/aromatic N) is 1. The Morgan fingerprint density at radius 3 is 3.10 bits per heavy atom. The molecule has 1 fully saturated rings. The average Bonchev–Trinajstić information content (AvgIpc) is 2.47. The Bertz CT molecular complexity index is 510. The first-order valence-corrected chi connectivity index (χ1v) is 6.66. The molecule has 2 rings (SSSR count). The summed E-state index contributed by atoms with van der Waals surface area (Å²) in [5, 5.41) is 2.64. The molecule has 0 radical (unpaired) electrons. The number of ether oxygens (including phenoxy) is 2. The highest BCUT2D eigenvalue weighted by atomic mass is 19.1. The average molecular weight is 296 g/mol. The number of carbonyl (C=O) groups excluding carboxylic acids is 2. The summed E-state index contributed by atoms with van der Waals surface area (Å²) >= 11 is 0. The van der Waals surface area contributed by atoms with Gasteiger partial charge in [0.25, 0.3) is 5.91 Å². The van der Waals surface area contributed by atoms with Crippen molar-refractivity contribution in [2.75, 3.05) is 39.5 Å². The predicted molar refractivity (Wildman–Crippen MR) is 72.3 cm³/mol. The number of halogens is 1. The SMILES string of the molecule is O=C(COc1cccc(F)c1)NCCN1CCOCC1=O. The minimum atomic E-state index is -0.418. The number of amides is 2. The molecule has 1 aliphatic heterocycles. The van der Waals surface area contributed by atoms with E-state index in [0.29, 0.717) is 32.0 Å². The van der Waals surface area contributed by atoms with Crippen LogP contribution in [0, 0.1) is 5.82 Å². The van der Waals surface area contributed by atoms with Crippen LogP contribution in [-0.2, 0) is 14.3 Å². The van der Waals surface area contributed by atoms with Crippen molar-refractivity contribution in [3.05, 3.63) is 30.1 Å². The minimum Gasteiger partial charge on any atom is -0.484 e. The quantitative estimate of drug-likeness (QED) is 0.813. The van der Waals surface area contributed by atoms with E-state index in [9.17, 15) is 14.0 Å². The van der Waals surface area contributed by atoms with Crippen LogP contribution in [0.1, 0.15) is 0 Å². The summed E-state index contributed by atoms with van der Waals surface area (Å²) in [6.45, 7) is 1.74. The molecular weight excluding hydrogens is 279 g/mol. The molecule has 0 spiro atoms. The van der Waals surface area contributed by atoms with E-state index in [4.69, 9.17) is 9.47 Å². The highest BCUT2D eigenvalue weighted by Gasteiger charge is 2.17. The van der Waals surface area contributed by atoms with Crippen molar-refractivity contribution in [1.29, 1.82) is 0 Å². The van der Waals surface area contributed by atoms with Gasteiger partial charge < -0.3 is 19.7 Å². The largest absolute Gasteiger partial charge is 0.484 e. The Morgan fingerprint density at radius 2 is 2.33 bits per heavy atom. The molecule has 1 heterocycles. The molecule has 1 N–H and O–H groups in total. The molecule has 0 aliphatic carbocycles. The lowest BCUT2D eigenvalue weighted by Gasteiger charge is -2.26. The number of benzene rings is 1. The molecule has 2 amide bonds. The zero-order chi connectivity index (χ0) is 15.1. The fourth-order valence-corrected chi connectivity index (χ4v) is 1.87. The zero-order valence-corrected chi connectivity index (χ0v) is 11.5. The first kappa shape index (κ1) is 15.2. The first-order chi connectivity index (χ1) is 10.1. The molecule has 114 valence electrons. The van der Waals surface area contributed by atoms with E-state index in [-0.39, 0.29) is 25.0 Å². The molecule has 1 aromatic rings. The lowest BCUT2D eigenvalue weighted by molar-refractivity contribution is -0.142. The number of hydrogen-bond donors (Lipinski definition) is 1. The Labute approximate surface area is 121 Å². The van der Waals surface area contributed by atoms with Gasteiger partial charge in [-0.2, -0.15) is 0 Å². The van der Waals surface area contributed by atoms with Gasteiger partial charge in [0, 0.05) is 25.7 Å². The minimum absolute atomic E-state index is 0.0773. The van der Waals surface area contributed by atoms with Gasteiger partial charge in [0.1, 0.15) is 18.2 Å². The second kappa shape index (κ2) is 7.58. The molecule has 7 heteroatoms. The molecule has 1 saturated heterocycles. The maximum atomic E-state index is 12.9. The molecule has 1 aliphatic rings. The van der Waals surface area contributed by atoms with Crippen molar-refractivity contribution in [2.45, 2.75) is 0 Å². The van der Waals surface area contributed by atoms with Crippen LogP contribution in [0.5, 0.6) is 5.75 Å². The molecule has 0 saturated carbocycles. The third kappa shape index (κ3) is 5.03. The van der Waals surface area contributed by atoms with Crippen molar-refractivity contribution in [2.24, 2.45) is 0 Å². The molecule has 6 nitrogen and oxygen atoms in total. The Morgan fingerprint density at radius 1 is 1.48 bits per heavy atom. The van der Waals surface area contributed by atoms with Gasteiger partial charge >= 0.3 is 0 Å². The highest BCUT2D eigenvalue weighted by molar-refractivity contribution is 5.79. The Hall–Kier alpha value is -2.15. The van der Waals surface area contributed by atoms with Gasteiger partial charge in [-0.3, -0.25) is 9.59 Å². The summed E-state index contributed by atoms with van der Waals surface area (Å²) in [7, 11) is 0. The van der Waals surface area contributed by atoms with E-state index in [1.54, 1.807) is 11.0 Å². The number of carbonyl (C=O) groups is 2. The molecule has 1 aromatic carbocycles. The molecule has 0 bridgehead atoms. The second-order valence-electron chi connectivity index (χ2n) is 4.53. The summed E-state index contributed by atoms with van der Waals surface area (Å²) in [5.41, 5.74) is 0. The zero-order valence-electron chi connectivity index (χ0n) is 11.5. The molecule has 0 unspecified atom stereocenters. The number of nitrogens with one attached hydrogen (secondary N) is 1. The van der Waals surface area contributed by atoms with Crippen molar-refractivity contribution < 1.29 is 23.5 Å². The smallest absolute Gasteiger partial charge is 0.258 e. The summed E-state index contributed by atoms with van der Waals surface area (Å²) in [5.74, 6) is -0.515. The maximum Gasteiger partial charge on any atom is 0.258 e. The number of rotatable bonds is 6. The predicted octanol–water partition coefficient (Wildman–Crippen LogP) is 0.179. The Balaban J connectivity index is 1.64. The van der Waals surface area contributed by atoms with Crippen LogP contribution in [0.25, 0.3) is 0 Å². The molecule has 21 heavy (non-hydrogen) atoms. The van der Waals surface area contributed by atoms with Gasteiger partial charge in [-0.05, 0) is 12.1 Å². The number of morpholine rings is 1. The summed E-state index contributed by atoms with van der Waals surface area (Å²) in [6, 6.07) is 5.58. The first-order valence-electron chi connectivity index (χ1n) is 6.66. The monoisotopic (exact) mass is 296 g/mol. The normalized spacial score (nSPS) is 14.9. The van der Waals surface area contributed by atoms with Crippen LogP contribution >= 0.6 is 0 Å². The lowest BCUT2D eigenvalue weighted by Crippen LogP contribution is -2.45. The third-order valence-corrected chi connectivity index (χ3v) is 2.95. The fourth-order valence-electron chi connectivity index (χ4n) is 1.87. The van der Waals surface area contributed by atoms with E-state index in [0.717, 1.165) is 0 Å². The summed E-state index contributed by atoms with van der Waals surface area (Å²) in [4.78, 5) is 24.6. The topological polar surface area (TPSA) is 67.9 Å². The molecular formula is C14H17FN2O4. The molecule has 0 aromatic heterocycles. The van der Waals surface area contributed by atoms with E-state index in [1.165, 1.54) is 18.2 Å². The van der Waals surface area contributed by atoms with Crippen LogP contribution in [0.4, 0.5) is 4.39 Å². The van der Waals surface area contributed by atoms with E-state index >= 15 is 0 Å². The standard InChI is InChI=1S/C14H17FN2O4/c15-11-2-1-3-12(8-11)21-9-13(18)16-4-5-17-6-7-20-10-14(17)19/h1-3,8H,4-7,9-10H2,(H,16,18). The third-order valence-electron chi connectivity index (χ3n) is 2.95. The Kier molecular flexibility index (Phi) is 5.51. The summed E-state index contributed by atoms with van der Waals surface area (Å²) < 4.78 is 23.1. The van der Waals surface area contributed by atoms with E-state index in [1.807, 2.05) is 0 Å². The van der Waals surface area contributed by atoms with Crippen molar-refractivity contribution in [1.82, 2.24) is 10.2 Å². The second-order valence-corrected chi connectivity index (χ2v) is 4.53. The molecule has 0 atom stereocenters. The van der Waals surface area contributed by atoms with Crippen molar-refractivity contribution in [3.8, 4) is 5.75 Å². The van der Waals surface area contributed by atoms with Gasteiger partial charge in [0.05, 0.1) is 6.61 Å². The fraction of sp³-hybridized carbons (Fsp3) is 0.429. The summed E-state index contributed by atoms with van der Waals surface area (Å²) in [6.07, 6.45) is 0. The van der Waals surface area contributed by atoms with Gasteiger partial charge in [-0.25, -0.2) is 4.39 Å². The van der Waals surface area contributed by atoms with Gasteiger partial charge in [0.2, 0.25) is 5.91 Å². The van der Waals surface area contributed by atoms with E-state index in [2.05, 4.69) is 5.32 Å². The van der Waals surface area contributed by atoms with Gasteiger partial charge in [-0.15, -0.1) is 0 Å². The van der Waals surface area contributed by atoms with E-state index < -0.39 is 5.82 Å². The maximum absolute atomic E-state index is 12.9. The van der Waals surface area contributed by atoms with Gasteiger partial charge in [0.15, 0.2) is 6.61 Å².